The number of hydrogen-bond donors (Lipinski definition) is 2. The van der Waals surface area contributed by atoms with Gasteiger partial charge < -0.3 is 15.4 Å². The smallest absolute Gasteiger partial charge is 0.287 e. The number of amides is 1. The largest absolute Gasteiger partial charge is 0.382 e. The van der Waals surface area contributed by atoms with E-state index in [-0.39, 0.29) is 22.5 Å². The van der Waals surface area contributed by atoms with Crippen molar-refractivity contribution in [2.75, 3.05) is 45.2 Å². The minimum absolute atomic E-state index is 0.0308. The van der Waals surface area contributed by atoms with Crippen LogP contribution in [-0.4, -0.2) is 59.9 Å². The van der Waals surface area contributed by atoms with Crippen molar-refractivity contribution < 1.29 is 9.53 Å². The van der Waals surface area contributed by atoms with E-state index in [1.165, 1.54) is 4.68 Å². The van der Waals surface area contributed by atoms with E-state index in [4.69, 9.17) is 16.3 Å². The number of nitrogens with one attached hydrogen (secondary N) is 2. The number of rotatable bonds is 7. The maximum absolute atomic E-state index is 12.9. The summed E-state index contributed by atoms with van der Waals surface area (Å²) in [7, 11) is 1.62. The van der Waals surface area contributed by atoms with Gasteiger partial charge in [-0.3, -0.25) is 9.59 Å². The van der Waals surface area contributed by atoms with E-state index in [9.17, 15) is 9.59 Å². The monoisotopic (exact) mass is 491 g/mol. The van der Waals surface area contributed by atoms with Gasteiger partial charge >= 0.3 is 0 Å². The van der Waals surface area contributed by atoms with E-state index in [2.05, 4.69) is 20.0 Å². The van der Waals surface area contributed by atoms with Gasteiger partial charge in [-0.05, 0) is 67.8 Å². The third-order valence-electron chi connectivity index (χ3n) is 6.13. The summed E-state index contributed by atoms with van der Waals surface area (Å²) in [6, 6.07) is 7.60. The Hall–Kier alpha value is -2.07. The van der Waals surface area contributed by atoms with Crippen LogP contribution in [0.1, 0.15) is 42.1 Å². The number of aromatic nitrogens is 2. The zero-order chi connectivity index (χ0) is 23.2. The van der Waals surface area contributed by atoms with Crippen LogP contribution in [0, 0.1) is 5.92 Å². The molecule has 0 bridgehead atoms. The molecule has 3 heterocycles. The molecule has 1 amide bonds. The maximum Gasteiger partial charge on any atom is 0.287 e. The van der Waals surface area contributed by atoms with Gasteiger partial charge in [0.2, 0.25) is 0 Å². The lowest BCUT2D eigenvalue weighted by atomic mass is 10.0. The predicted octanol–water partition coefficient (Wildman–Crippen LogP) is 3.44. The van der Waals surface area contributed by atoms with E-state index in [1.54, 1.807) is 25.2 Å². The van der Waals surface area contributed by atoms with E-state index in [0.717, 1.165) is 63.4 Å². The molecular formula is C23H30ClN5O3S. The average molecular weight is 492 g/mol. The highest BCUT2D eigenvalue weighted by molar-refractivity contribution is 7.97. The lowest BCUT2D eigenvalue weighted by Gasteiger charge is -2.31. The molecule has 1 atom stereocenters. The van der Waals surface area contributed by atoms with Crippen molar-refractivity contribution >= 4 is 35.1 Å². The van der Waals surface area contributed by atoms with Crippen LogP contribution in [0.5, 0.6) is 0 Å². The number of benzene rings is 1. The Morgan fingerprint density at radius 2 is 2.00 bits per heavy atom. The first-order valence-corrected chi connectivity index (χ1v) is 12.5. The van der Waals surface area contributed by atoms with Crippen LogP contribution in [0.2, 0.25) is 5.02 Å². The van der Waals surface area contributed by atoms with Gasteiger partial charge in [0.15, 0.2) is 0 Å². The Bertz CT molecular complexity index is 1000. The fourth-order valence-electron chi connectivity index (χ4n) is 4.19. The Balaban J connectivity index is 1.31. The van der Waals surface area contributed by atoms with Crippen LogP contribution in [0.3, 0.4) is 0 Å². The Kier molecular flexibility index (Phi) is 8.29. The van der Waals surface area contributed by atoms with Gasteiger partial charge in [0.25, 0.3) is 11.5 Å². The number of ether oxygens (including phenoxy) is 1. The van der Waals surface area contributed by atoms with E-state index >= 15 is 0 Å². The van der Waals surface area contributed by atoms with Gasteiger partial charge in [0.1, 0.15) is 5.02 Å². The Labute approximate surface area is 203 Å². The SMILES string of the molecule is CNC(=O)c1ccc(SN2CCC(n3ncc(NCC4CCCOC4)c(Cl)c3=O)CC2)cc1. The zero-order valence-corrected chi connectivity index (χ0v) is 20.3. The van der Waals surface area contributed by atoms with Crippen molar-refractivity contribution in [3.8, 4) is 0 Å². The maximum atomic E-state index is 12.9. The van der Waals surface area contributed by atoms with Gasteiger partial charge in [0, 0.05) is 43.7 Å². The lowest BCUT2D eigenvalue weighted by Crippen LogP contribution is -2.36. The van der Waals surface area contributed by atoms with Crippen LogP contribution in [0.4, 0.5) is 5.69 Å². The summed E-state index contributed by atoms with van der Waals surface area (Å²) in [5.74, 6) is 0.340. The van der Waals surface area contributed by atoms with Gasteiger partial charge in [-0.25, -0.2) is 8.99 Å². The van der Waals surface area contributed by atoms with E-state index < -0.39 is 0 Å². The van der Waals surface area contributed by atoms with Gasteiger partial charge in [-0.2, -0.15) is 5.10 Å². The summed E-state index contributed by atoms with van der Waals surface area (Å²) in [6.07, 6.45) is 5.49. The van der Waals surface area contributed by atoms with Crippen molar-refractivity contribution in [2.45, 2.75) is 36.6 Å². The highest BCUT2D eigenvalue weighted by Gasteiger charge is 2.24. The normalized spacial score (nSPS) is 19.9. The quantitative estimate of drug-likeness (QED) is 0.573. The minimum Gasteiger partial charge on any atom is -0.382 e. The van der Waals surface area contributed by atoms with Crippen LogP contribution >= 0.6 is 23.5 Å². The van der Waals surface area contributed by atoms with Crippen LogP contribution in [0.15, 0.2) is 40.2 Å². The molecule has 2 aromatic rings. The molecule has 2 fully saturated rings. The fraction of sp³-hybridized carbons (Fsp3) is 0.522. The number of piperidine rings is 1. The minimum atomic E-state index is -0.238. The Morgan fingerprint density at radius 1 is 1.24 bits per heavy atom. The lowest BCUT2D eigenvalue weighted by molar-refractivity contribution is 0.0595. The number of carbonyl (C=O) groups is 1. The first-order chi connectivity index (χ1) is 16.0. The highest BCUT2D eigenvalue weighted by Crippen LogP contribution is 2.30. The second-order valence-electron chi connectivity index (χ2n) is 8.44. The molecule has 2 N–H and O–H groups in total. The van der Waals surface area contributed by atoms with Crippen molar-refractivity contribution in [3.05, 3.63) is 51.4 Å². The number of carbonyl (C=O) groups excluding carboxylic acids is 1. The molecule has 4 rings (SSSR count). The van der Waals surface area contributed by atoms with Crippen molar-refractivity contribution in [3.63, 3.8) is 0 Å². The average Bonchev–Trinajstić information content (AvgIpc) is 2.86. The number of halogens is 1. The van der Waals surface area contributed by atoms with E-state index in [1.807, 2.05) is 24.3 Å². The molecule has 0 saturated carbocycles. The molecule has 1 aromatic carbocycles. The summed E-state index contributed by atoms with van der Waals surface area (Å²) in [6.45, 7) is 3.96. The third-order valence-corrected chi connectivity index (χ3v) is 7.60. The predicted molar refractivity (Wildman–Crippen MR) is 131 cm³/mol. The van der Waals surface area contributed by atoms with Crippen LogP contribution in [-0.2, 0) is 4.74 Å². The summed E-state index contributed by atoms with van der Waals surface area (Å²) in [5.41, 5.74) is 1.00. The summed E-state index contributed by atoms with van der Waals surface area (Å²) >= 11 is 8.07. The molecule has 2 saturated heterocycles. The molecule has 2 aliphatic heterocycles. The topological polar surface area (TPSA) is 88.5 Å². The zero-order valence-electron chi connectivity index (χ0n) is 18.8. The molecule has 178 valence electrons. The standard InChI is InChI=1S/C23H30ClN5O3S/c1-25-22(30)17-4-6-19(7-5-17)33-28-10-8-18(9-11-28)29-23(31)21(24)20(14-27-29)26-13-16-3-2-12-32-15-16/h4-7,14,16,18,26H,2-3,8-13,15H2,1H3,(H,25,30). The molecule has 0 aliphatic carbocycles. The highest BCUT2D eigenvalue weighted by atomic mass is 35.5. The molecule has 0 spiro atoms. The molecule has 1 aromatic heterocycles. The van der Waals surface area contributed by atoms with Crippen molar-refractivity contribution in [2.24, 2.45) is 5.92 Å². The first-order valence-electron chi connectivity index (χ1n) is 11.4. The molecule has 1 unspecified atom stereocenters. The third kappa shape index (κ3) is 6.09. The molecule has 33 heavy (non-hydrogen) atoms. The first kappa shape index (κ1) is 24.1. The number of hydrogen-bond acceptors (Lipinski definition) is 7. The molecule has 10 heteroatoms. The van der Waals surface area contributed by atoms with Crippen LogP contribution < -0.4 is 16.2 Å². The fourth-order valence-corrected chi connectivity index (χ4v) is 5.34. The molecular weight excluding hydrogens is 462 g/mol. The van der Waals surface area contributed by atoms with E-state index in [0.29, 0.717) is 17.2 Å². The van der Waals surface area contributed by atoms with Crippen LogP contribution in [0.25, 0.3) is 0 Å². The molecule has 8 nitrogen and oxygen atoms in total. The summed E-state index contributed by atoms with van der Waals surface area (Å²) in [5, 5.41) is 10.5. The van der Waals surface area contributed by atoms with Crippen molar-refractivity contribution in [1.82, 2.24) is 19.4 Å². The summed E-state index contributed by atoms with van der Waals surface area (Å²) < 4.78 is 9.33. The summed E-state index contributed by atoms with van der Waals surface area (Å²) in [4.78, 5) is 25.6. The number of nitrogens with zero attached hydrogens (tertiary/aromatic N) is 3. The molecule has 0 radical (unpaired) electrons. The molecule has 2 aliphatic rings. The Morgan fingerprint density at radius 3 is 2.67 bits per heavy atom. The second kappa shape index (κ2) is 11.4. The number of anilines is 1. The van der Waals surface area contributed by atoms with Crippen molar-refractivity contribution in [1.29, 1.82) is 0 Å². The second-order valence-corrected chi connectivity index (χ2v) is 9.99. The van der Waals surface area contributed by atoms with Gasteiger partial charge in [0.05, 0.1) is 24.5 Å². The van der Waals surface area contributed by atoms with Gasteiger partial charge in [-0.15, -0.1) is 0 Å². The van der Waals surface area contributed by atoms with Gasteiger partial charge in [-0.1, -0.05) is 11.6 Å².